The molecule has 3 heterocycles. The Kier molecular flexibility index (Phi) is 36.8. The first-order valence-corrected chi connectivity index (χ1v) is 41.0. The molecule has 0 radical (unpaired) electrons. The summed E-state index contributed by atoms with van der Waals surface area (Å²) in [7, 11) is 9.42. The van der Waals surface area contributed by atoms with Gasteiger partial charge in [-0.05, 0) is 111 Å². The normalized spacial score (nSPS) is 19.1. The van der Waals surface area contributed by atoms with Gasteiger partial charge < -0.3 is 54.7 Å². The highest BCUT2D eigenvalue weighted by atomic mass is 32.2. The molecule has 3 aliphatic heterocycles. The van der Waals surface area contributed by atoms with Gasteiger partial charge in [0.1, 0.15) is 18.5 Å². The standard InChI is InChI=1S/C83H121FN8O21S/c1-16-51(8)76(89(12)80(105)59(49(4)5)40-64(95)75(50(6)7)88(10)11)67(109-14)41-72(100)91-45-57(39-62(91)77(110-15)52(9)78(103)86-44-65(96)55-29-30-66(108-13)60(84)37-55)112-82(107)111-46-54-27-25-53(26-28-54)36-63(94)61(23-19-20-24-69(85)97)87-79(104)58(48(2)3)38-56(93)22-18-17-21-35-90-73(101)42-68(81(90)106)114-47-83(33-34-83)43-74(102)113-92-70(98)31-32-71(92)99/h25-30,37,48-52,57-59,61-62,67-68,75-77H,16-24,31-36,38-47H2,1-15H3,(H2,85,97)(H,86,103)(H,87,104)/t51-,52+,57-,58-,59-,61-,62-,67+,68?,75-,76-,77+/m0/s1. The summed E-state index contributed by atoms with van der Waals surface area (Å²) in [6.45, 7) is 16.0. The van der Waals surface area contributed by atoms with Crippen molar-refractivity contribution in [3.8, 4) is 5.75 Å². The van der Waals surface area contributed by atoms with E-state index >= 15 is 4.79 Å². The van der Waals surface area contributed by atoms with Crippen LogP contribution in [0.2, 0.25) is 0 Å². The van der Waals surface area contributed by atoms with Crippen LogP contribution in [-0.4, -0.2) is 229 Å². The molecule has 0 aromatic heterocycles. The summed E-state index contributed by atoms with van der Waals surface area (Å²) in [5, 5.41) is 5.41. The van der Waals surface area contributed by atoms with Gasteiger partial charge in [0.2, 0.25) is 41.4 Å². The molecule has 12 atom stereocenters. The molecule has 6 rings (SSSR count). The summed E-state index contributed by atoms with van der Waals surface area (Å²) in [5.41, 5.74) is 6.01. The fraction of sp³-hybridized carbons (Fsp3) is 0.675. The van der Waals surface area contributed by atoms with Crippen LogP contribution >= 0.6 is 11.8 Å². The molecule has 29 nitrogen and oxygen atoms in total. The predicted molar refractivity (Wildman–Crippen MR) is 419 cm³/mol. The van der Waals surface area contributed by atoms with Crippen LogP contribution in [0.1, 0.15) is 206 Å². The summed E-state index contributed by atoms with van der Waals surface area (Å²) in [4.78, 5) is 212. The molecule has 1 saturated carbocycles. The zero-order chi connectivity index (χ0) is 84.6. The summed E-state index contributed by atoms with van der Waals surface area (Å²) >= 11 is 1.30. The molecule has 4 N–H and O–H groups in total. The monoisotopic (exact) mass is 1620 g/mol. The van der Waals surface area contributed by atoms with Crippen molar-refractivity contribution in [2.75, 3.05) is 67.9 Å². The number of carbonyl (C=O) groups excluding carboxylic acids is 15. The van der Waals surface area contributed by atoms with E-state index in [2.05, 4.69) is 10.6 Å². The number of nitrogens with zero attached hydrogens (tertiary/aromatic N) is 5. The molecule has 1 aliphatic carbocycles. The van der Waals surface area contributed by atoms with E-state index in [1.807, 2.05) is 60.5 Å². The van der Waals surface area contributed by atoms with E-state index in [0.717, 1.165) is 6.07 Å². The Morgan fingerprint density at radius 3 is 1.96 bits per heavy atom. The van der Waals surface area contributed by atoms with Gasteiger partial charge in [-0.3, -0.25) is 72.1 Å². The van der Waals surface area contributed by atoms with Crippen LogP contribution in [0.15, 0.2) is 42.5 Å². The highest BCUT2D eigenvalue weighted by Crippen LogP contribution is 2.52. The number of unbranched alkanes of at least 4 members (excludes halogenated alkanes) is 3. The maximum absolute atomic E-state index is 15.1. The fourth-order valence-electron chi connectivity index (χ4n) is 15.4. The number of likely N-dealkylation sites (N-methyl/N-ethyl adjacent to an activating group) is 2. The lowest BCUT2D eigenvalue weighted by atomic mass is 9.83. The van der Waals surface area contributed by atoms with Gasteiger partial charge in [0.15, 0.2) is 28.9 Å². The number of benzene rings is 2. The Morgan fingerprint density at radius 1 is 0.737 bits per heavy atom. The molecule has 3 saturated heterocycles. The van der Waals surface area contributed by atoms with E-state index in [4.69, 9.17) is 34.3 Å². The first-order chi connectivity index (χ1) is 53.9. The number of primary amides is 1. The number of rotatable bonds is 50. The molecular formula is C83H121FN8O21S. The molecule has 2 aromatic carbocycles. The molecule has 0 bridgehead atoms. The topological polar surface area (TPSA) is 378 Å². The van der Waals surface area contributed by atoms with Crippen molar-refractivity contribution in [1.82, 2.24) is 35.3 Å². The Balaban J connectivity index is 1.06. The Labute approximate surface area is 673 Å². The van der Waals surface area contributed by atoms with Crippen LogP contribution in [-0.2, 0) is 99.1 Å². The maximum Gasteiger partial charge on any atom is 0.508 e. The van der Waals surface area contributed by atoms with E-state index in [1.54, 1.807) is 57.0 Å². The van der Waals surface area contributed by atoms with Crippen molar-refractivity contribution in [3.05, 3.63) is 65.0 Å². The SMILES string of the molecule is CC[C@H](C)[C@@H]([C@@H](CC(=O)N1C[C@@H](OC(=O)OCc2ccc(CC(=O)[C@H](CCCCC(N)=O)NC(=O)[C@@H](CC(=O)CCCCCN3C(=O)CC(SCC4(CC(=O)ON5C(=O)CCC5=O)CC4)C3=O)C(C)C)cc2)C[C@H]1[C@H](OC)[C@@H](C)C(=O)NCC(=O)c1ccc(OC)c(F)c1)OC)N(C)C(=O)[C@@H](CC(=O)[C@H](C(C)C)N(C)C)C(C)C. The van der Waals surface area contributed by atoms with Crippen molar-refractivity contribution < 1.29 is 105 Å². The number of carbonyl (C=O) groups is 15. The van der Waals surface area contributed by atoms with Crippen LogP contribution in [0.25, 0.3) is 0 Å². The van der Waals surface area contributed by atoms with Gasteiger partial charge in [-0.25, -0.2) is 14.0 Å². The zero-order valence-corrected chi connectivity index (χ0v) is 69.9. The zero-order valence-electron chi connectivity index (χ0n) is 69.1. The van der Waals surface area contributed by atoms with E-state index in [1.165, 1.54) is 55.0 Å². The molecule has 632 valence electrons. The summed E-state index contributed by atoms with van der Waals surface area (Å²) in [6.07, 6.45) is -0.211. The second kappa shape index (κ2) is 44.5. The molecule has 4 aliphatic rings. The minimum absolute atomic E-state index is 0.00377. The van der Waals surface area contributed by atoms with Crippen molar-refractivity contribution >= 4 is 100 Å². The molecule has 31 heteroatoms. The lowest BCUT2D eigenvalue weighted by molar-refractivity contribution is -0.198. The van der Waals surface area contributed by atoms with Crippen LogP contribution in [0.5, 0.6) is 5.75 Å². The maximum atomic E-state index is 15.1. The lowest BCUT2D eigenvalue weighted by Gasteiger charge is -2.41. The fourth-order valence-corrected chi connectivity index (χ4v) is 16.9. The smallest absolute Gasteiger partial charge is 0.494 e. The number of methoxy groups -OCH3 is 3. The highest BCUT2D eigenvalue weighted by molar-refractivity contribution is 8.00. The van der Waals surface area contributed by atoms with Crippen LogP contribution < -0.4 is 21.1 Å². The summed E-state index contributed by atoms with van der Waals surface area (Å²) < 4.78 is 43.3. The van der Waals surface area contributed by atoms with Gasteiger partial charge in [-0.2, -0.15) is 0 Å². The first-order valence-electron chi connectivity index (χ1n) is 39.9. The van der Waals surface area contributed by atoms with Crippen LogP contribution in [0.4, 0.5) is 9.18 Å². The summed E-state index contributed by atoms with van der Waals surface area (Å²) in [5.74, 6) is -9.76. The van der Waals surface area contributed by atoms with Gasteiger partial charge in [-0.1, -0.05) is 106 Å². The van der Waals surface area contributed by atoms with Crippen molar-refractivity contribution in [2.45, 2.75) is 245 Å². The number of thioether (sulfide) groups is 1. The Bertz CT molecular complexity index is 3710. The lowest BCUT2D eigenvalue weighted by Crippen LogP contribution is -2.54. The van der Waals surface area contributed by atoms with E-state index in [0.29, 0.717) is 73.3 Å². The van der Waals surface area contributed by atoms with Crippen LogP contribution in [0, 0.1) is 52.7 Å². The number of amides is 9. The second-order valence-corrected chi connectivity index (χ2v) is 33.5. The van der Waals surface area contributed by atoms with Crippen molar-refractivity contribution in [3.63, 3.8) is 0 Å². The predicted octanol–water partition coefficient (Wildman–Crippen LogP) is 8.28. The second-order valence-electron chi connectivity index (χ2n) is 32.3. The molecule has 2 aromatic rings. The third kappa shape index (κ3) is 27.0. The average Bonchev–Trinajstić information content (AvgIpc) is 1.55. The number of nitrogens with two attached hydrogens (primary N) is 1. The largest absolute Gasteiger partial charge is 0.508 e. The number of ether oxygens (including phenoxy) is 5. The van der Waals surface area contributed by atoms with Gasteiger partial charge in [0.05, 0.1) is 80.6 Å². The quantitative estimate of drug-likeness (QED) is 0.0243. The van der Waals surface area contributed by atoms with Gasteiger partial charge >= 0.3 is 12.1 Å². The highest BCUT2D eigenvalue weighted by Gasteiger charge is 2.50. The van der Waals surface area contributed by atoms with E-state index in [9.17, 15) is 71.5 Å². The average molecular weight is 1620 g/mol. The molecule has 1 unspecified atom stereocenters. The minimum Gasteiger partial charge on any atom is -0.494 e. The number of halogens is 1. The Hall–Kier alpha value is -8.55. The van der Waals surface area contributed by atoms with E-state index in [-0.39, 0.29) is 167 Å². The molecular weight excluding hydrogens is 1500 g/mol. The number of Topliss-reactive ketones (excluding diaryl/α,β-unsaturated/α-hetero) is 4. The number of hydroxylamine groups is 2. The van der Waals surface area contributed by atoms with Gasteiger partial charge in [0.25, 0.3) is 11.8 Å². The van der Waals surface area contributed by atoms with Crippen LogP contribution in [0.3, 0.4) is 0 Å². The van der Waals surface area contributed by atoms with Gasteiger partial charge in [0, 0.05) is 109 Å². The van der Waals surface area contributed by atoms with Gasteiger partial charge in [-0.15, -0.1) is 16.8 Å². The molecule has 4 fully saturated rings. The number of ketones is 4. The third-order valence-electron chi connectivity index (χ3n) is 22.5. The van der Waals surface area contributed by atoms with Crippen molar-refractivity contribution in [2.24, 2.45) is 52.6 Å². The summed E-state index contributed by atoms with van der Waals surface area (Å²) in [6, 6.07) is 7.26. The number of likely N-dealkylation sites (tertiary alicyclic amines) is 2. The third-order valence-corrected chi connectivity index (χ3v) is 24.1. The molecule has 0 spiro atoms. The van der Waals surface area contributed by atoms with Crippen molar-refractivity contribution in [1.29, 1.82) is 0 Å². The number of imide groups is 2. The Morgan fingerprint density at radius 2 is 1.39 bits per heavy atom. The molecule has 9 amide bonds. The molecule has 114 heavy (non-hydrogen) atoms. The van der Waals surface area contributed by atoms with E-state index < -0.39 is 137 Å². The first kappa shape index (κ1) is 94.3. The number of nitrogens with one attached hydrogen (secondary N) is 2. The minimum atomic E-state index is -1.09. The number of hydrogen-bond acceptors (Lipinski definition) is 23. The number of hydrogen-bond donors (Lipinski definition) is 3.